The number of ether oxygens (including phenoxy) is 3. The van der Waals surface area contributed by atoms with E-state index >= 15 is 0 Å². The third-order valence-corrected chi connectivity index (χ3v) is 7.77. The fourth-order valence-corrected chi connectivity index (χ4v) is 8.73. The summed E-state index contributed by atoms with van der Waals surface area (Å²) in [5, 5.41) is 1.01. The van der Waals surface area contributed by atoms with Gasteiger partial charge < -0.3 is 14.2 Å². The number of rotatable bonds is 1. The van der Waals surface area contributed by atoms with Crippen molar-refractivity contribution < 1.29 is 14.2 Å². The SMILES string of the molecule is C[C@]12C[C@]3(C)O[C@](C)(C[C@](C)(O1)P3c1ccccc1)O2. The molecular formula is C16H21O3P. The average molecular weight is 292 g/mol. The van der Waals surface area contributed by atoms with Gasteiger partial charge in [-0.05, 0) is 40.9 Å². The average Bonchev–Trinajstić information content (AvgIpc) is 2.22. The predicted octanol–water partition coefficient (Wildman–Crippen LogP) is 3.53. The Labute approximate surface area is 121 Å². The van der Waals surface area contributed by atoms with Gasteiger partial charge in [-0.15, -0.1) is 0 Å². The van der Waals surface area contributed by atoms with Crippen molar-refractivity contribution in [2.24, 2.45) is 0 Å². The Bertz CT molecular complexity index is 514. The van der Waals surface area contributed by atoms with Crippen molar-refractivity contribution in [3.05, 3.63) is 30.3 Å². The topological polar surface area (TPSA) is 27.7 Å². The maximum Gasteiger partial charge on any atom is 0.173 e. The van der Waals surface area contributed by atoms with Gasteiger partial charge in [0.15, 0.2) is 11.6 Å². The second kappa shape index (κ2) is 3.64. The summed E-state index contributed by atoms with van der Waals surface area (Å²) in [6.45, 7) is 8.59. The summed E-state index contributed by atoms with van der Waals surface area (Å²) in [6, 6.07) is 10.7. The molecule has 4 saturated heterocycles. The lowest BCUT2D eigenvalue weighted by Crippen LogP contribution is -2.72. The van der Waals surface area contributed by atoms with Crippen molar-refractivity contribution in [3.8, 4) is 0 Å². The summed E-state index contributed by atoms with van der Waals surface area (Å²) >= 11 is 0. The molecule has 4 heterocycles. The highest BCUT2D eigenvalue weighted by Gasteiger charge is 2.71. The summed E-state index contributed by atoms with van der Waals surface area (Å²) in [7, 11) is -0.553. The Morgan fingerprint density at radius 2 is 1.30 bits per heavy atom. The van der Waals surface area contributed by atoms with Crippen LogP contribution in [0.4, 0.5) is 0 Å². The smallest absolute Gasteiger partial charge is 0.173 e. The molecule has 0 aromatic heterocycles. The lowest BCUT2D eigenvalue weighted by Gasteiger charge is -2.69. The van der Waals surface area contributed by atoms with Crippen LogP contribution in [0.25, 0.3) is 0 Å². The fraction of sp³-hybridized carbons (Fsp3) is 0.625. The molecule has 4 heteroatoms. The summed E-state index contributed by atoms with van der Waals surface area (Å²) in [6.07, 6.45) is 1.59. The first-order chi connectivity index (χ1) is 9.26. The maximum absolute atomic E-state index is 6.42. The molecule has 4 atom stereocenters. The van der Waals surface area contributed by atoms with Gasteiger partial charge in [0.05, 0.1) is 10.7 Å². The van der Waals surface area contributed by atoms with Crippen molar-refractivity contribution in [2.75, 3.05) is 0 Å². The van der Waals surface area contributed by atoms with Crippen molar-refractivity contribution >= 4 is 13.2 Å². The minimum absolute atomic E-state index is 0.177. The fourth-order valence-electron chi connectivity index (χ4n) is 4.71. The molecule has 0 spiro atoms. The Hall–Kier alpha value is -0.470. The first kappa shape index (κ1) is 13.2. The van der Waals surface area contributed by atoms with E-state index in [4.69, 9.17) is 14.2 Å². The Morgan fingerprint density at radius 3 is 1.80 bits per heavy atom. The van der Waals surface area contributed by atoms with Crippen molar-refractivity contribution in [2.45, 2.75) is 62.8 Å². The molecule has 1 aromatic carbocycles. The standard InChI is InChI=1S/C16H21O3P/c1-13-10-15(3)19-14(2,17-13)11-16(4,18-13)20(15)12-8-6-5-7-9-12/h5-9H,10-11H2,1-4H3/t13-,14-,15-,16-/m1/s1. The monoisotopic (exact) mass is 292 g/mol. The minimum Gasteiger partial charge on any atom is -0.339 e. The minimum atomic E-state index is -0.553. The Balaban J connectivity index is 1.87. The summed E-state index contributed by atoms with van der Waals surface area (Å²) in [5.41, 5.74) is 0. The molecule has 1 aromatic rings. The quantitative estimate of drug-likeness (QED) is 0.741. The van der Waals surface area contributed by atoms with Gasteiger partial charge in [0.25, 0.3) is 0 Å². The van der Waals surface area contributed by atoms with Crippen LogP contribution in [0.1, 0.15) is 40.5 Å². The van der Waals surface area contributed by atoms with Crippen LogP contribution in [0.3, 0.4) is 0 Å². The van der Waals surface area contributed by atoms with E-state index in [1.165, 1.54) is 5.30 Å². The first-order valence-corrected chi connectivity index (χ1v) is 8.56. The third-order valence-electron chi connectivity index (χ3n) is 4.56. The number of benzene rings is 1. The first-order valence-electron chi connectivity index (χ1n) is 7.22. The van der Waals surface area contributed by atoms with Gasteiger partial charge in [0.1, 0.15) is 0 Å². The summed E-state index contributed by atoms with van der Waals surface area (Å²) < 4.78 is 18.9. The van der Waals surface area contributed by atoms with Crippen LogP contribution in [-0.4, -0.2) is 22.3 Å². The number of hydrogen-bond acceptors (Lipinski definition) is 3. The molecule has 4 aliphatic rings. The van der Waals surface area contributed by atoms with E-state index in [1.807, 2.05) is 0 Å². The second-order valence-electron chi connectivity index (χ2n) is 6.95. The molecule has 4 fully saturated rings. The highest BCUT2D eigenvalue weighted by molar-refractivity contribution is 7.68. The van der Waals surface area contributed by atoms with Gasteiger partial charge in [-0.25, -0.2) is 0 Å². The van der Waals surface area contributed by atoms with Crippen LogP contribution in [0, 0.1) is 0 Å². The highest BCUT2D eigenvalue weighted by Crippen LogP contribution is 2.75. The lowest BCUT2D eigenvalue weighted by atomic mass is 9.98. The van der Waals surface area contributed by atoms with Gasteiger partial charge in [-0.3, -0.25) is 0 Å². The molecule has 3 nitrogen and oxygen atoms in total. The van der Waals surface area contributed by atoms with Crippen LogP contribution >= 0.6 is 7.92 Å². The van der Waals surface area contributed by atoms with Gasteiger partial charge in [-0.1, -0.05) is 30.3 Å². The van der Waals surface area contributed by atoms with Crippen LogP contribution in [-0.2, 0) is 14.2 Å². The second-order valence-corrected chi connectivity index (χ2v) is 10.0. The molecule has 0 unspecified atom stereocenters. The van der Waals surface area contributed by atoms with E-state index in [2.05, 4.69) is 58.0 Å². The predicted molar refractivity (Wildman–Crippen MR) is 79.1 cm³/mol. The Morgan fingerprint density at radius 1 is 0.800 bits per heavy atom. The molecule has 5 rings (SSSR count). The van der Waals surface area contributed by atoms with E-state index in [1.54, 1.807) is 0 Å². The molecule has 4 aliphatic heterocycles. The van der Waals surface area contributed by atoms with E-state index in [0.29, 0.717) is 0 Å². The molecule has 0 saturated carbocycles. The number of hydrogen-bond donors (Lipinski definition) is 0. The highest BCUT2D eigenvalue weighted by atomic mass is 31.1. The van der Waals surface area contributed by atoms with Crippen LogP contribution < -0.4 is 5.30 Å². The molecule has 108 valence electrons. The molecule has 0 radical (unpaired) electrons. The van der Waals surface area contributed by atoms with Gasteiger partial charge in [0, 0.05) is 12.8 Å². The van der Waals surface area contributed by atoms with Gasteiger partial charge in [-0.2, -0.15) is 0 Å². The summed E-state index contributed by atoms with van der Waals surface area (Å²) in [4.78, 5) is 0. The molecule has 4 bridgehead atoms. The zero-order valence-electron chi connectivity index (χ0n) is 12.5. The van der Waals surface area contributed by atoms with E-state index in [-0.39, 0.29) is 10.7 Å². The summed E-state index contributed by atoms with van der Waals surface area (Å²) in [5.74, 6) is -1.02. The van der Waals surface area contributed by atoms with Crippen LogP contribution in [0.2, 0.25) is 0 Å². The van der Waals surface area contributed by atoms with Crippen LogP contribution in [0.15, 0.2) is 30.3 Å². The third kappa shape index (κ3) is 1.67. The molecule has 0 N–H and O–H groups in total. The zero-order valence-corrected chi connectivity index (χ0v) is 13.4. The van der Waals surface area contributed by atoms with Gasteiger partial charge in [0.2, 0.25) is 0 Å². The molecule has 20 heavy (non-hydrogen) atoms. The van der Waals surface area contributed by atoms with Crippen LogP contribution in [0.5, 0.6) is 0 Å². The van der Waals surface area contributed by atoms with Gasteiger partial charge >= 0.3 is 0 Å². The normalized spacial score (nSPS) is 53.3. The molecule has 0 aliphatic carbocycles. The largest absolute Gasteiger partial charge is 0.339 e. The maximum atomic E-state index is 6.42. The van der Waals surface area contributed by atoms with E-state index in [9.17, 15) is 0 Å². The molecule has 0 amide bonds. The molecular weight excluding hydrogens is 271 g/mol. The van der Waals surface area contributed by atoms with E-state index < -0.39 is 19.5 Å². The van der Waals surface area contributed by atoms with Crippen molar-refractivity contribution in [1.29, 1.82) is 0 Å². The van der Waals surface area contributed by atoms with E-state index in [0.717, 1.165) is 12.8 Å². The lowest BCUT2D eigenvalue weighted by molar-refractivity contribution is -0.467. The van der Waals surface area contributed by atoms with Crippen molar-refractivity contribution in [3.63, 3.8) is 0 Å². The zero-order chi connectivity index (χ0) is 14.2. The Kier molecular flexibility index (Phi) is 2.41. The van der Waals surface area contributed by atoms with Crippen molar-refractivity contribution in [1.82, 2.24) is 0 Å².